The van der Waals surface area contributed by atoms with Gasteiger partial charge in [0.15, 0.2) is 0 Å². The third kappa shape index (κ3) is 2.39. The van der Waals surface area contributed by atoms with Gasteiger partial charge in [-0.3, -0.25) is 0 Å². The Morgan fingerprint density at radius 1 is 1.53 bits per heavy atom. The maximum absolute atomic E-state index is 6.05. The molecule has 1 fully saturated rings. The summed E-state index contributed by atoms with van der Waals surface area (Å²) in [6.45, 7) is 4.99. The maximum Gasteiger partial charge on any atom is 0.148 e. The summed E-state index contributed by atoms with van der Waals surface area (Å²) in [5.74, 6) is 0.976. The van der Waals surface area contributed by atoms with Gasteiger partial charge in [0.1, 0.15) is 5.82 Å². The van der Waals surface area contributed by atoms with E-state index in [0.717, 1.165) is 43.0 Å². The van der Waals surface area contributed by atoms with Crippen LogP contribution in [0.4, 0.5) is 11.5 Å². The molecule has 1 aromatic heterocycles. The Labute approximate surface area is 102 Å². The molecule has 0 aromatic carbocycles. The fraction of sp³-hybridized carbons (Fsp3) is 0.750. The van der Waals surface area contributed by atoms with E-state index in [1.54, 1.807) is 7.11 Å². The van der Waals surface area contributed by atoms with E-state index in [0.29, 0.717) is 12.1 Å². The molecule has 1 aromatic rings. The molecule has 1 aliphatic rings. The van der Waals surface area contributed by atoms with Crippen molar-refractivity contribution in [3.63, 3.8) is 0 Å². The van der Waals surface area contributed by atoms with E-state index in [4.69, 9.17) is 10.5 Å². The van der Waals surface area contributed by atoms with Crippen LogP contribution in [-0.2, 0) is 11.3 Å². The molecule has 1 aliphatic carbocycles. The van der Waals surface area contributed by atoms with E-state index in [-0.39, 0.29) is 0 Å². The summed E-state index contributed by atoms with van der Waals surface area (Å²) >= 11 is 0. The van der Waals surface area contributed by atoms with Crippen LogP contribution >= 0.6 is 0 Å². The molecule has 3 N–H and O–H groups in total. The number of anilines is 2. The van der Waals surface area contributed by atoms with Crippen LogP contribution < -0.4 is 11.1 Å². The van der Waals surface area contributed by atoms with Crippen molar-refractivity contribution in [1.29, 1.82) is 0 Å². The Balaban J connectivity index is 2.04. The Kier molecular flexibility index (Phi) is 3.57. The predicted octanol–water partition coefficient (Wildman–Crippen LogP) is 1.77. The lowest BCUT2D eigenvalue weighted by atomic mass is 9.89. The monoisotopic (exact) mass is 238 g/mol. The van der Waals surface area contributed by atoms with Gasteiger partial charge >= 0.3 is 0 Å². The van der Waals surface area contributed by atoms with Crippen molar-refractivity contribution in [3.05, 3.63) is 5.69 Å². The molecule has 0 unspecified atom stereocenters. The zero-order valence-corrected chi connectivity index (χ0v) is 10.9. The fourth-order valence-electron chi connectivity index (χ4n) is 2.19. The summed E-state index contributed by atoms with van der Waals surface area (Å²) < 4.78 is 7.25. The van der Waals surface area contributed by atoms with E-state index < -0.39 is 0 Å². The summed E-state index contributed by atoms with van der Waals surface area (Å²) in [4.78, 5) is 0. The number of methoxy groups -OCH3 is 1. The zero-order valence-electron chi connectivity index (χ0n) is 10.9. The lowest BCUT2D eigenvalue weighted by Gasteiger charge is -2.35. The third-order valence-electron chi connectivity index (χ3n) is 3.38. The fourth-order valence-corrected chi connectivity index (χ4v) is 2.19. The molecule has 17 heavy (non-hydrogen) atoms. The van der Waals surface area contributed by atoms with Crippen LogP contribution in [0.25, 0.3) is 0 Å². The minimum absolute atomic E-state index is 0.400. The Morgan fingerprint density at radius 2 is 2.24 bits per heavy atom. The molecule has 0 amide bonds. The second-order valence-corrected chi connectivity index (χ2v) is 4.74. The number of hydrogen-bond acceptors (Lipinski definition) is 4. The van der Waals surface area contributed by atoms with Crippen LogP contribution in [-0.4, -0.2) is 29.0 Å². The number of nitrogens with two attached hydrogens (primary N) is 1. The van der Waals surface area contributed by atoms with Gasteiger partial charge in [-0.25, -0.2) is 4.68 Å². The molecular weight excluding hydrogens is 216 g/mol. The van der Waals surface area contributed by atoms with Crippen LogP contribution in [0.15, 0.2) is 0 Å². The summed E-state index contributed by atoms with van der Waals surface area (Å²) in [5, 5.41) is 7.93. The molecule has 0 radical (unpaired) electrons. The summed E-state index contributed by atoms with van der Waals surface area (Å²) in [6.07, 6.45) is 3.55. The van der Waals surface area contributed by atoms with Crippen LogP contribution in [0, 0.1) is 6.92 Å². The molecule has 0 bridgehead atoms. The highest BCUT2D eigenvalue weighted by Gasteiger charge is 2.30. The SMILES string of the molecule is CCCn1nc(C)c(N)c1NC1CC(OC)C1. The van der Waals surface area contributed by atoms with Crippen LogP contribution in [0.1, 0.15) is 31.9 Å². The molecule has 96 valence electrons. The Bertz CT molecular complexity index is 382. The number of aryl methyl sites for hydroxylation is 2. The predicted molar refractivity (Wildman–Crippen MR) is 69.1 cm³/mol. The minimum atomic E-state index is 0.400. The van der Waals surface area contributed by atoms with Crippen LogP contribution in [0.2, 0.25) is 0 Å². The molecule has 2 rings (SSSR count). The first-order chi connectivity index (χ1) is 8.15. The Morgan fingerprint density at radius 3 is 2.82 bits per heavy atom. The number of nitrogen functional groups attached to an aromatic ring is 1. The average molecular weight is 238 g/mol. The molecule has 0 saturated heterocycles. The smallest absolute Gasteiger partial charge is 0.148 e. The number of rotatable bonds is 5. The van der Waals surface area contributed by atoms with Crippen molar-refractivity contribution in [2.45, 2.75) is 51.8 Å². The second-order valence-electron chi connectivity index (χ2n) is 4.74. The zero-order chi connectivity index (χ0) is 12.4. The normalized spacial score (nSPS) is 23.5. The van der Waals surface area contributed by atoms with E-state index in [2.05, 4.69) is 17.3 Å². The number of nitrogens with zero attached hydrogens (tertiary/aromatic N) is 2. The first-order valence-corrected chi connectivity index (χ1v) is 6.27. The van der Waals surface area contributed by atoms with Crippen molar-refractivity contribution in [1.82, 2.24) is 9.78 Å². The van der Waals surface area contributed by atoms with Crippen molar-refractivity contribution in [2.75, 3.05) is 18.2 Å². The van der Waals surface area contributed by atoms with E-state index in [1.165, 1.54) is 0 Å². The van der Waals surface area contributed by atoms with Gasteiger partial charge in [-0.05, 0) is 26.2 Å². The van der Waals surface area contributed by atoms with Gasteiger partial charge in [-0.15, -0.1) is 0 Å². The lowest BCUT2D eigenvalue weighted by molar-refractivity contribution is 0.0327. The van der Waals surface area contributed by atoms with Gasteiger partial charge < -0.3 is 15.8 Å². The molecule has 0 aliphatic heterocycles. The highest BCUT2D eigenvalue weighted by atomic mass is 16.5. The summed E-state index contributed by atoms with van der Waals surface area (Å²) in [6, 6.07) is 0.467. The average Bonchev–Trinajstić information content (AvgIpc) is 2.50. The minimum Gasteiger partial charge on any atom is -0.394 e. The van der Waals surface area contributed by atoms with Gasteiger partial charge in [-0.2, -0.15) is 5.10 Å². The number of nitrogens with one attached hydrogen (secondary N) is 1. The molecule has 5 nitrogen and oxygen atoms in total. The molecule has 1 saturated carbocycles. The molecular formula is C12H22N4O. The topological polar surface area (TPSA) is 65.1 Å². The van der Waals surface area contributed by atoms with Gasteiger partial charge in [0.05, 0.1) is 17.5 Å². The highest BCUT2D eigenvalue weighted by molar-refractivity contribution is 5.65. The third-order valence-corrected chi connectivity index (χ3v) is 3.38. The largest absolute Gasteiger partial charge is 0.394 e. The van der Waals surface area contributed by atoms with Crippen LogP contribution in [0.5, 0.6) is 0 Å². The van der Waals surface area contributed by atoms with E-state index in [1.807, 2.05) is 11.6 Å². The number of aromatic nitrogens is 2. The first kappa shape index (κ1) is 12.2. The highest BCUT2D eigenvalue weighted by Crippen LogP contribution is 2.30. The molecule has 1 heterocycles. The lowest BCUT2D eigenvalue weighted by Crippen LogP contribution is -2.40. The van der Waals surface area contributed by atoms with Gasteiger partial charge in [0, 0.05) is 19.7 Å². The molecule has 0 atom stereocenters. The first-order valence-electron chi connectivity index (χ1n) is 6.27. The standard InChI is InChI=1S/C12H22N4O/c1-4-5-16-12(11(13)8(2)15-16)14-9-6-10(7-9)17-3/h9-10,14H,4-7,13H2,1-3H3. The van der Waals surface area contributed by atoms with Gasteiger partial charge in [-0.1, -0.05) is 6.92 Å². The van der Waals surface area contributed by atoms with Gasteiger partial charge in [0.25, 0.3) is 0 Å². The summed E-state index contributed by atoms with van der Waals surface area (Å²) in [7, 11) is 1.76. The maximum atomic E-state index is 6.05. The van der Waals surface area contributed by atoms with Crippen LogP contribution in [0.3, 0.4) is 0 Å². The van der Waals surface area contributed by atoms with Crippen molar-refractivity contribution in [3.8, 4) is 0 Å². The van der Waals surface area contributed by atoms with Crippen molar-refractivity contribution < 1.29 is 4.74 Å². The van der Waals surface area contributed by atoms with Crippen molar-refractivity contribution >= 4 is 11.5 Å². The molecule has 0 spiro atoms. The van der Waals surface area contributed by atoms with Gasteiger partial charge in [0.2, 0.25) is 0 Å². The summed E-state index contributed by atoms with van der Waals surface area (Å²) in [5.41, 5.74) is 7.73. The van der Waals surface area contributed by atoms with Crippen molar-refractivity contribution in [2.24, 2.45) is 0 Å². The molecule has 5 heteroatoms. The van der Waals surface area contributed by atoms with E-state index in [9.17, 15) is 0 Å². The Hall–Kier alpha value is -1.23. The van der Waals surface area contributed by atoms with E-state index >= 15 is 0 Å². The second kappa shape index (κ2) is 4.96. The number of ether oxygens (including phenoxy) is 1. The quantitative estimate of drug-likeness (QED) is 0.820. The number of hydrogen-bond donors (Lipinski definition) is 2.